The number of nitriles is 1. The summed E-state index contributed by atoms with van der Waals surface area (Å²) in [5.41, 5.74) is 3.18. The van der Waals surface area contributed by atoms with Crippen molar-refractivity contribution in [1.82, 2.24) is 0 Å². The van der Waals surface area contributed by atoms with Crippen LogP contribution in [0.15, 0.2) is 72.3 Å². The second-order valence-electron chi connectivity index (χ2n) is 7.66. The molecule has 9 nitrogen and oxygen atoms in total. The molecular weight excluding hydrogens is 448 g/mol. The van der Waals surface area contributed by atoms with Gasteiger partial charge in [0.2, 0.25) is 0 Å². The van der Waals surface area contributed by atoms with Gasteiger partial charge >= 0.3 is 0 Å². The quantitative estimate of drug-likeness (QED) is 0.211. The first-order valence-electron chi connectivity index (χ1n) is 10.5. The molecule has 3 rings (SSSR count). The molecule has 0 spiro atoms. The molecule has 0 bridgehead atoms. The molecule has 0 fully saturated rings. The van der Waals surface area contributed by atoms with E-state index in [1.54, 1.807) is 24.3 Å². The smallest absolute Gasteiger partial charge is 0.271 e. The van der Waals surface area contributed by atoms with E-state index in [0.29, 0.717) is 11.3 Å². The lowest BCUT2D eigenvalue weighted by molar-refractivity contribution is -0.384. The first-order chi connectivity index (χ1) is 16.7. The van der Waals surface area contributed by atoms with Crippen LogP contribution >= 0.6 is 0 Å². The van der Waals surface area contributed by atoms with Crippen molar-refractivity contribution in [3.05, 3.63) is 99.1 Å². The van der Waals surface area contributed by atoms with Crippen molar-refractivity contribution in [2.45, 2.75) is 13.8 Å². The van der Waals surface area contributed by atoms with Gasteiger partial charge in [0.25, 0.3) is 17.5 Å². The number of nitro groups is 1. The number of ether oxygens (including phenoxy) is 1. The Morgan fingerprint density at radius 3 is 2.46 bits per heavy atom. The zero-order valence-electron chi connectivity index (χ0n) is 19.1. The number of benzene rings is 3. The van der Waals surface area contributed by atoms with Crippen molar-refractivity contribution in [1.29, 1.82) is 5.26 Å². The van der Waals surface area contributed by atoms with E-state index in [4.69, 9.17) is 4.74 Å². The van der Waals surface area contributed by atoms with Crippen LogP contribution in [-0.4, -0.2) is 23.3 Å². The van der Waals surface area contributed by atoms with Crippen molar-refractivity contribution in [3.8, 4) is 11.8 Å². The van der Waals surface area contributed by atoms with E-state index < -0.39 is 10.8 Å². The number of anilines is 2. The van der Waals surface area contributed by atoms with E-state index in [9.17, 15) is 25.0 Å². The first kappa shape index (κ1) is 24.7. The highest BCUT2D eigenvalue weighted by Crippen LogP contribution is 2.19. The standard InChI is InChI=1S/C26H22N4O5/c1-17-6-11-24(18(2)12-17)29-25(31)16-35-23-9-7-19(8-10-23)13-20(15-27)26(32)28-21-4-3-5-22(14-21)30(33)34/h3-14H,16H2,1-2H3,(H,28,32)(H,29,31)/b20-13-. The van der Waals surface area contributed by atoms with Crippen molar-refractivity contribution in [2.24, 2.45) is 0 Å². The largest absolute Gasteiger partial charge is 0.484 e. The lowest BCUT2D eigenvalue weighted by Crippen LogP contribution is -2.20. The number of carbonyl (C=O) groups excluding carboxylic acids is 2. The fraction of sp³-hybridized carbons (Fsp3) is 0.115. The second-order valence-corrected chi connectivity index (χ2v) is 7.66. The Morgan fingerprint density at radius 1 is 1.06 bits per heavy atom. The van der Waals surface area contributed by atoms with Gasteiger partial charge in [0.05, 0.1) is 4.92 Å². The van der Waals surface area contributed by atoms with Crippen LogP contribution in [0.4, 0.5) is 17.1 Å². The number of amides is 2. The minimum atomic E-state index is -0.698. The number of hydrogen-bond donors (Lipinski definition) is 2. The van der Waals surface area contributed by atoms with Crippen molar-refractivity contribution >= 4 is 35.0 Å². The Bertz CT molecular complexity index is 1340. The minimum Gasteiger partial charge on any atom is -0.484 e. The first-order valence-corrected chi connectivity index (χ1v) is 10.5. The SMILES string of the molecule is Cc1ccc(NC(=O)COc2ccc(/C=C(/C#N)C(=O)Nc3cccc([N+](=O)[O-])c3)cc2)c(C)c1. The molecule has 0 aliphatic heterocycles. The number of rotatable bonds is 8. The monoisotopic (exact) mass is 470 g/mol. The summed E-state index contributed by atoms with van der Waals surface area (Å²) in [6, 6.07) is 19.5. The number of hydrogen-bond acceptors (Lipinski definition) is 6. The molecule has 3 aromatic carbocycles. The van der Waals surface area contributed by atoms with E-state index >= 15 is 0 Å². The number of carbonyl (C=O) groups is 2. The molecule has 176 valence electrons. The summed E-state index contributed by atoms with van der Waals surface area (Å²) < 4.78 is 5.51. The molecule has 9 heteroatoms. The second kappa shape index (κ2) is 11.2. The van der Waals surface area contributed by atoms with Gasteiger partial charge in [0.15, 0.2) is 6.61 Å². The number of non-ortho nitro benzene ring substituents is 1. The van der Waals surface area contributed by atoms with Crippen LogP contribution < -0.4 is 15.4 Å². The third-order valence-corrected chi connectivity index (χ3v) is 4.90. The third-order valence-electron chi connectivity index (χ3n) is 4.90. The fourth-order valence-corrected chi connectivity index (χ4v) is 3.16. The molecule has 0 heterocycles. The minimum absolute atomic E-state index is 0.177. The zero-order chi connectivity index (χ0) is 25.4. The Morgan fingerprint density at radius 2 is 1.80 bits per heavy atom. The van der Waals surface area contributed by atoms with Gasteiger partial charge in [-0.15, -0.1) is 0 Å². The molecule has 2 N–H and O–H groups in total. The summed E-state index contributed by atoms with van der Waals surface area (Å²) in [7, 11) is 0. The van der Waals surface area contributed by atoms with Crippen LogP contribution in [0.1, 0.15) is 16.7 Å². The van der Waals surface area contributed by atoms with Crippen LogP contribution in [0, 0.1) is 35.3 Å². The predicted octanol–water partition coefficient (Wildman–Crippen LogP) is 4.77. The van der Waals surface area contributed by atoms with Crippen LogP contribution in [0.2, 0.25) is 0 Å². The molecule has 0 radical (unpaired) electrons. The van der Waals surface area contributed by atoms with E-state index in [0.717, 1.165) is 16.8 Å². The van der Waals surface area contributed by atoms with Gasteiger partial charge in [-0.05, 0) is 55.3 Å². The maximum atomic E-state index is 12.4. The van der Waals surface area contributed by atoms with Crippen molar-refractivity contribution < 1.29 is 19.2 Å². The highest BCUT2D eigenvalue weighted by atomic mass is 16.6. The lowest BCUT2D eigenvalue weighted by atomic mass is 10.1. The molecule has 2 amide bonds. The predicted molar refractivity (Wildman–Crippen MR) is 132 cm³/mol. The summed E-state index contributed by atoms with van der Waals surface area (Å²) in [4.78, 5) is 34.9. The van der Waals surface area contributed by atoms with Crippen LogP contribution in [0.3, 0.4) is 0 Å². The van der Waals surface area contributed by atoms with Crippen LogP contribution in [0.5, 0.6) is 5.75 Å². The average Bonchev–Trinajstić information content (AvgIpc) is 2.83. The van der Waals surface area contributed by atoms with Crippen molar-refractivity contribution in [3.63, 3.8) is 0 Å². The summed E-state index contributed by atoms with van der Waals surface area (Å²) in [5.74, 6) is -0.556. The molecule has 3 aromatic rings. The van der Waals surface area contributed by atoms with E-state index in [-0.39, 0.29) is 29.5 Å². The fourth-order valence-electron chi connectivity index (χ4n) is 3.16. The molecule has 0 aliphatic rings. The van der Waals surface area contributed by atoms with E-state index in [2.05, 4.69) is 10.6 Å². The summed E-state index contributed by atoms with van der Waals surface area (Å²) in [6.07, 6.45) is 1.38. The van der Waals surface area contributed by atoms with Gasteiger partial charge < -0.3 is 15.4 Å². The molecule has 0 aliphatic carbocycles. The summed E-state index contributed by atoms with van der Waals surface area (Å²) in [5, 5.41) is 25.5. The molecule has 0 saturated heterocycles. The Labute approximate surface area is 201 Å². The van der Waals surface area contributed by atoms with E-state index in [1.807, 2.05) is 38.1 Å². The van der Waals surface area contributed by atoms with Crippen molar-refractivity contribution in [2.75, 3.05) is 17.2 Å². The number of aryl methyl sites for hydroxylation is 2. The Hall–Kier alpha value is -4.97. The highest BCUT2D eigenvalue weighted by Gasteiger charge is 2.12. The van der Waals surface area contributed by atoms with Gasteiger partial charge in [-0.3, -0.25) is 19.7 Å². The summed E-state index contributed by atoms with van der Waals surface area (Å²) in [6.45, 7) is 3.70. The highest BCUT2D eigenvalue weighted by molar-refractivity contribution is 6.09. The topological polar surface area (TPSA) is 134 Å². The lowest BCUT2D eigenvalue weighted by Gasteiger charge is -2.10. The van der Waals surface area contributed by atoms with Gasteiger partial charge in [-0.25, -0.2) is 0 Å². The van der Waals surface area contributed by atoms with Gasteiger partial charge in [0, 0.05) is 23.5 Å². The maximum Gasteiger partial charge on any atom is 0.271 e. The average molecular weight is 470 g/mol. The molecule has 0 saturated carbocycles. The van der Waals surface area contributed by atoms with Gasteiger partial charge in [-0.1, -0.05) is 35.9 Å². The maximum absolute atomic E-state index is 12.4. The van der Waals surface area contributed by atoms with Gasteiger partial charge in [-0.2, -0.15) is 5.26 Å². The Balaban J connectivity index is 1.59. The normalized spacial score (nSPS) is 10.7. The Kier molecular flexibility index (Phi) is 7.93. The molecular formula is C26H22N4O5. The van der Waals surface area contributed by atoms with E-state index in [1.165, 1.54) is 30.3 Å². The third kappa shape index (κ3) is 7.00. The molecule has 35 heavy (non-hydrogen) atoms. The molecule has 0 atom stereocenters. The van der Waals surface area contributed by atoms with Crippen LogP contribution in [-0.2, 0) is 9.59 Å². The molecule has 0 unspecified atom stereocenters. The number of nitro benzene ring substituents is 1. The number of nitrogens with one attached hydrogen (secondary N) is 2. The molecule has 0 aromatic heterocycles. The van der Waals surface area contributed by atoms with Gasteiger partial charge in [0.1, 0.15) is 17.4 Å². The number of nitrogens with zero attached hydrogens (tertiary/aromatic N) is 2. The summed E-state index contributed by atoms with van der Waals surface area (Å²) >= 11 is 0. The van der Waals surface area contributed by atoms with Crippen LogP contribution in [0.25, 0.3) is 6.08 Å². The zero-order valence-corrected chi connectivity index (χ0v) is 19.1.